The summed E-state index contributed by atoms with van der Waals surface area (Å²) in [6.45, 7) is 14.8. The zero-order valence-corrected chi connectivity index (χ0v) is 22.7. The standard InChI is InChI=1S/C29H32ClN7O/c1-6-24(38)36-14-29(15-36)10-19(11-29)37-18(5)25(26-20(12-31)21(32)8-17(4)27(26)30)28(35-37)22-9-16(3)23(34-22)13-33-7-2/h6-9,12-13,19,31,34H,1-2,10-11,14-15,32H2,3-5H3/b31-12?,33-13-. The predicted molar refractivity (Wildman–Crippen MR) is 154 cm³/mol. The zero-order valence-electron chi connectivity index (χ0n) is 21.9. The number of H-pyrrole nitrogens is 1. The number of aromatic amines is 1. The molecular formula is C29H32ClN7O. The first-order valence-corrected chi connectivity index (χ1v) is 12.9. The topological polar surface area (TPSA) is 116 Å². The van der Waals surface area contributed by atoms with Crippen molar-refractivity contribution in [3.63, 3.8) is 0 Å². The Hall–Kier alpha value is -3.91. The maximum absolute atomic E-state index is 12.0. The number of rotatable bonds is 7. The van der Waals surface area contributed by atoms with Crippen LogP contribution in [0.5, 0.6) is 0 Å². The molecule has 1 aliphatic carbocycles. The molecule has 3 aromatic rings. The summed E-state index contributed by atoms with van der Waals surface area (Å²) in [5, 5.41) is 13.8. The molecule has 1 aromatic carbocycles. The minimum absolute atomic E-state index is 0.0114. The molecule has 2 aromatic heterocycles. The largest absolute Gasteiger partial charge is 0.398 e. The number of halogens is 1. The van der Waals surface area contributed by atoms with Crippen LogP contribution >= 0.6 is 11.6 Å². The molecular weight excluding hydrogens is 498 g/mol. The fraction of sp³-hybridized carbons (Fsp3) is 0.310. The lowest BCUT2D eigenvalue weighted by atomic mass is 9.60. The number of nitrogens with two attached hydrogens (primary N) is 1. The monoisotopic (exact) mass is 529 g/mol. The van der Waals surface area contributed by atoms with Crippen molar-refractivity contribution in [3.8, 4) is 22.5 Å². The van der Waals surface area contributed by atoms with Crippen LogP contribution in [0.15, 0.2) is 42.6 Å². The van der Waals surface area contributed by atoms with Crippen molar-refractivity contribution >= 4 is 35.6 Å². The fourth-order valence-electron chi connectivity index (χ4n) is 5.98. The zero-order chi connectivity index (χ0) is 27.4. The molecule has 0 unspecified atom stereocenters. The maximum Gasteiger partial charge on any atom is 0.245 e. The quantitative estimate of drug-likeness (QED) is 0.209. The molecule has 2 fully saturated rings. The third-order valence-electron chi connectivity index (χ3n) is 7.90. The van der Waals surface area contributed by atoms with Crippen molar-refractivity contribution in [1.82, 2.24) is 19.7 Å². The summed E-state index contributed by atoms with van der Waals surface area (Å²) < 4.78 is 2.09. The number of nitrogens with zero attached hydrogens (tertiary/aromatic N) is 4. The van der Waals surface area contributed by atoms with Crippen molar-refractivity contribution in [2.45, 2.75) is 39.7 Å². The molecule has 2 aliphatic rings. The number of nitrogens with one attached hydrogen (secondary N) is 2. The minimum atomic E-state index is -0.0114. The van der Waals surface area contributed by atoms with Gasteiger partial charge in [0.2, 0.25) is 5.91 Å². The second-order valence-corrected chi connectivity index (χ2v) is 10.9. The number of hydrogen-bond acceptors (Lipinski definition) is 5. The van der Waals surface area contributed by atoms with Gasteiger partial charge in [0.1, 0.15) is 5.69 Å². The molecule has 3 heterocycles. The van der Waals surface area contributed by atoms with Crippen LogP contribution in [0.2, 0.25) is 5.02 Å². The number of aromatic nitrogens is 3. The van der Waals surface area contributed by atoms with Crippen LogP contribution in [-0.2, 0) is 4.79 Å². The van der Waals surface area contributed by atoms with Crippen LogP contribution < -0.4 is 5.73 Å². The van der Waals surface area contributed by atoms with Crippen molar-refractivity contribution in [1.29, 1.82) is 5.41 Å². The molecule has 0 atom stereocenters. The highest BCUT2D eigenvalue weighted by molar-refractivity contribution is 6.35. The van der Waals surface area contributed by atoms with E-state index in [1.165, 1.54) is 18.5 Å². The van der Waals surface area contributed by atoms with E-state index in [4.69, 9.17) is 27.8 Å². The highest BCUT2D eigenvalue weighted by Gasteiger charge is 2.54. The molecule has 38 heavy (non-hydrogen) atoms. The molecule has 1 spiro atoms. The van der Waals surface area contributed by atoms with Crippen LogP contribution in [-0.4, -0.2) is 51.1 Å². The van der Waals surface area contributed by atoms with Crippen molar-refractivity contribution in [2.24, 2.45) is 10.4 Å². The smallest absolute Gasteiger partial charge is 0.245 e. The molecule has 1 aliphatic heterocycles. The summed E-state index contributed by atoms with van der Waals surface area (Å²) in [5.74, 6) is -0.0114. The third kappa shape index (κ3) is 4.00. The lowest BCUT2D eigenvalue weighted by molar-refractivity contribution is -0.149. The number of amides is 1. The average Bonchev–Trinajstić information content (AvgIpc) is 3.37. The van der Waals surface area contributed by atoms with Crippen LogP contribution in [0.3, 0.4) is 0 Å². The van der Waals surface area contributed by atoms with Gasteiger partial charge >= 0.3 is 0 Å². The molecule has 0 bridgehead atoms. The number of carbonyl (C=O) groups excluding carboxylic acids is 1. The number of aliphatic imine (C=N–C) groups is 1. The SMILES string of the molecule is C=C/N=C\c1[nH]c(-c2nn(C3CC4(C3)CN(C(=O)C=C)C4)c(C)c2-c2c(Cl)c(C)cc(N)c2C=N)cc1C. The van der Waals surface area contributed by atoms with Gasteiger partial charge in [-0.25, -0.2) is 0 Å². The Morgan fingerprint density at radius 1 is 1.24 bits per heavy atom. The number of carbonyl (C=O) groups is 1. The summed E-state index contributed by atoms with van der Waals surface area (Å²) in [6.07, 6.45) is 7.75. The Balaban J connectivity index is 1.62. The van der Waals surface area contributed by atoms with Gasteiger partial charge in [-0.3, -0.25) is 14.5 Å². The molecule has 4 N–H and O–H groups in total. The van der Waals surface area contributed by atoms with E-state index in [9.17, 15) is 4.79 Å². The van der Waals surface area contributed by atoms with Gasteiger partial charge < -0.3 is 21.0 Å². The molecule has 9 heteroatoms. The van der Waals surface area contributed by atoms with Gasteiger partial charge in [-0.1, -0.05) is 24.8 Å². The first-order chi connectivity index (χ1) is 18.1. The van der Waals surface area contributed by atoms with Crippen LogP contribution in [0.4, 0.5) is 5.69 Å². The van der Waals surface area contributed by atoms with Gasteiger partial charge in [0.25, 0.3) is 0 Å². The molecule has 1 saturated heterocycles. The number of nitrogen functional groups attached to an aromatic ring is 1. The van der Waals surface area contributed by atoms with Crippen molar-refractivity contribution in [3.05, 3.63) is 70.7 Å². The van der Waals surface area contributed by atoms with Crippen molar-refractivity contribution in [2.75, 3.05) is 18.8 Å². The van der Waals surface area contributed by atoms with Gasteiger partial charge in [-0.05, 0) is 62.9 Å². The van der Waals surface area contributed by atoms with Gasteiger partial charge in [0, 0.05) is 59.0 Å². The summed E-state index contributed by atoms with van der Waals surface area (Å²) in [4.78, 5) is 21.4. The molecule has 8 nitrogen and oxygen atoms in total. The third-order valence-corrected chi connectivity index (χ3v) is 8.39. The van der Waals surface area contributed by atoms with E-state index in [1.807, 2.05) is 31.7 Å². The lowest BCUT2D eigenvalue weighted by Gasteiger charge is -2.58. The lowest BCUT2D eigenvalue weighted by Crippen LogP contribution is -2.63. The van der Waals surface area contributed by atoms with Crippen LogP contribution in [0, 0.1) is 31.6 Å². The normalized spacial score (nSPS) is 16.5. The van der Waals surface area contributed by atoms with Gasteiger partial charge in [-0.2, -0.15) is 5.10 Å². The van der Waals surface area contributed by atoms with E-state index in [1.54, 1.807) is 12.3 Å². The number of likely N-dealkylation sites (tertiary alicyclic amines) is 1. The van der Waals surface area contributed by atoms with E-state index in [0.717, 1.165) is 65.4 Å². The van der Waals surface area contributed by atoms with E-state index >= 15 is 0 Å². The summed E-state index contributed by atoms with van der Waals surface area (Å²) in [6, 6.07) is 4.05. The molecule has 5 rings (SSSR count). The fourth-order valence-corrected chi connectivity index (χ4v) is 6.23. The number of benzene rings is 1. The Morgan fingerprint density at radius 2 is 1.95 bits per heavy atom. The van der Waals surface area contributed by atoms with E-state index in [0.29, 0.717) is 21.8 Å². The second kappa shape index (κ2) is 9.44. The Kier molecular flexibility index (Phi) is 6.39. The Morgan fingerprint density at radius 3 is 2.58 bits per heavy atom. The second-order valence-electron chi connectivity index (χ2n) is 10.5. The highest BCUT2D eigenvalue weighted by atomic mass is 35.5. The first-order valence-electron chi connectivity index (χ1n) is 12.6. The van der Waals surface area contributed by atoms with Gasteiger partial charge in [0.15, 0.2) is 0 Å². The van der Waals surface area contributed by atoms with Crippen LogP contribution in [0.1, 0.15) is 47.0 Å². The van der Waals surface area contributed by atoms with Crippen LogP contribution in [0.25, 0.3) is 22.5 Å². The Bertz CT molecular complexity index is 1510. The molecule has 0 radical (unpaired) electrons. The van der Waals surface area contributed by atoms with E-state index in [-0.39, 0.29) is 17.4 Å². The minimum Gasteiger partial charge on any atom is -0.398 e. The van der Waals surface area contributed by atoms with E-state index < -0.39 is 0 Å². The number of hydrogen-bond donors (Lipinski definition) is 3. The molecule has 196 valence electrons. The average molecular weight is 530 g/mol. The predicted octanol–water partition coefficient (Wildman–Crippen LogP) is 5.62. The number of anilines is 1. The maximum atomic E-state index is 12.0. The van der Waals surface area contributed by atoms with Crippen molar-refractivity contribution < 1.29 is 4.79 Å². The van der Waals surface area contributed by atoms with Gasteiger partial charge in [-0.15, -0.1) is 0 Å². The number of aryl methyl sites for hydroxylation is 2. The molecule has 1 saturated carbocycles. The summed E-state index contributed by atoms with van der Waals surface area (Å²) >= 11 is 6.91. The highest BCUT2D eigenvalue weighted by Crippen LogP contribution is 2.55. The Labute approximate surface area is 227 Å². The summed E-state index contributed by atoms with van der Waals surface area (Å²) in [5.41, 5.74) is 14.4. The van der Waals surface area contributed by atoms with Gasteiger partial charge in [0.05, 0.1) is 28.7 Å². The molecule has 1 amide bonds. The first kappa shape index (κ1) is 25.7. The van der Waals surface area contributed by atoms with E-state index in [2.05, 4.69) is 27.8 Å². The summed E-state index contributed by atoms with van der Waals surface area (Å²) in [7, 11) is 0.